The fourth-order valence-corrected chi connectivity index (χ4v) is 4.11. The van der Waals surface area contributed by atoms with Gasteiger partial charge in [0.25, 0.3) is 0 Å². The maximum absolute atomic E-state index is 13.0. The van der Waals surface area contributed by atoms with Gasteiger partial charge in [-0.3, -0.25) is 4.79 Å². The van der Waals surface area contributed by atoms with Crippen LogP contribution in [0, 0.1) is 0 Å². The average molecular weight is 428 g/mol. The Bertz CT molecular complexity index is 1170. The molecule has 5 nitrogen and oxygen atoms in total. The largest absolute Gasteiger partial charge is 0.497 e. The number of amides is 1. The van der Waals surface area contributed by atoms with E-state index in [1.165, 1.54) is 10.9 Å². The number of H-pyrrole nitrogens is 1. The Labute approximate surface area is 189 Å². The van der Waals surface area contributed by atoms with Crippen molar-refractivity contribution in [2.24, 2.45) is 0 Å². The first kappa shape index (κ1) is 21.7. The highest BCUT2D eigenvalue weighted by molar-refractivity contribution is 5.84. The van der Waals surface area contributed by atoms with Gasteiger partial charge in [0.05, 0.1) is 7.11 Å². The molecule has 0 unspecified atom stereocenters. The summed E-state index contributed by atoms with van der Waals surface area (Å²) in [6.07, 6.45) is 2.08. The van der Waals surface area contributed by atoms with Crippen molar-refractivity contribution in [2.75, 3.05) is 27.7 Å². The van der Waals surface area contributed by atoms with Crippen molar-refractivity contribution in [3.63, 3.8) is 0 Å². The minimum Gasteiger partial charge on any atom is -0.497 e. The van der Waals surface area contributed by atoms with Gasteiger partial charge < -0.3 is 19.9 Å². The topological polar surface area (TPSA) is 57.4 Å². The first-order valence-electron chi connectivity index (χ1n) is 10.8. The van der Waals surface area contributed by atoms with Crippen molar-refractivity contribution < 1.29 is 9.53 Å². The molecule has 164 valence electrons. The van der Waals surface area contributed by atoms with E-state index >= 15 is 0 Å². The summed E-state index contributed by atoms with van der Waals surface area (Å²) < 4.78 is 5.35. The molecule has 0 saturated heterocycles. The fraction of sp³-hybridized carbons (Fsp3) is 0.222. The molecule has 0 spiro atoms. The van der Waals surface area contributed by atoms with Crippen LogP contribution in [0.2, 0.25) is 0 Å². The van der Waals surface area contributed by atoms with Crippen molar-refractivity contribution in [2.45, 2.75) is 12.0 Å². The van der Waals surface area contributed by atoms with Gasteiger partial charge in [0.2, 0.25) is 5.91 Å². The van der Waals surface area contributed by atoms with Crippen molar-refractivity contribution in [1.29, 1.82) is 0 Å². The zero-order valence-electron chi connectivity index (χ0n) is 18.7. The second kappa shape index (κ2) is 9.71. The SMILES string of the molecule is COc1ccc([C@H](CN[C@H](C(=O)N(C)C)c2ccccc2)c2c[nH]c3ccccc23)cc1. The van der Waals surface area contributed by atoms with Crippen LogP contribution >= 0.6 is 0 Å². The van der Waals surface area contributed by atoms with Crippen LogP contribution in [-0.4, -0.2) is 43.5 Å². The van der Waals surface area contributed by atoms with Crippen LogP contribution in [0.3, 0.4) is 0 Å². The quantitative estimate of drug-likeness (QED) is 0.428. The molecule has 1 amide bonds. The third kappa shape index (κ3) is 4.53. The molecule has 4 rings (SSSR count). The molecular formula is C27H29N3O2. The molecule has 32 heavy (non-hydrogen) atoms. The van der Waals surface area contributed by atoms with Crippen LogP contribution in [-0.2, 0) is 4.79 Å². The van der Waals surface area contributed by atoms with Crippen LogP contribution in [0.4, 0.5) is 0 Å². The van der Waals surface area contributed by atoms with E-state index in [0.29, 0.717) is 6.54 Å². The summed E-state index contributed by atoms with van der Waals surface area (Å²) in [6.45, 7) is 0.604. The van der Waals surface area contributed by atoms with E-state index in [4.69, 9.17) is 4.74 Å². The molecule has 3 aromatic carbocycles. The van der Waals surface area contributed by atoms with E-state index in [2.05, 4.69) is 46.8 Å². The number of nitrogens with zero attached hydrogens (tertiary/aromatic N) is 1. The lowest BCUT2D eigenvalue weighted by Gasteiger charge is -2.25. The second-order valence-electron chi connectivity index (χ2n) is 8.10. The van der Waals surface area contributed by atoms with Crippen molar-refractivity contribution in [3.05, 3.63) is 102 Å². The number of benzene rings is 3. The summed E-state index contributed by atoms with van der Waals surface area (Å²) in [6, 6.07) is 25.9. The molecule has 0 saturated carbocycles. The zero-order chi connectivity index (χ0) is 22.5. The summed E-state index contributed by atoms with van der Waals surface area (Å²) in [5.41, 5.74) is 4.41. The van der Waals surface area contributed by atoms with E-state index in [9.17, 15) is 4.79 Å². The number of hydrogen-bond acceptors (Lipinski definition) is 3. The Morgan fingerprint density at radius 3 is 2.31 bits per heavy atom. The first-order chi connectivity index (χ1) is 15.6. The Morgan fingerprint density at radius 1 is 0.938 bits per heavy atom. The zero-order valence-corrected chi connectivity index (χ0v) is 18.7. The smallest absolute Gasteiger partial charge is 0.243 e. The van der Waals surface area contributed by atoms with Gasteiger partial charge in [-0.15, -0.1) is 0 Å². The molecule has 2 N–H and O–H groups in total. The Balaban J connectivity index is 1.70. The van der Waals surface area contributed by atoms with Gasteiger partial charge in [-0.1, -0.05) is 60.7 Å². The van der Waals surface area contributed by atoms with E-state index in [0.717, 1.165) is 22.4 Å². The number of carbonyl (C=O) groups is 1. The molecule has 0 fully saturated rings. The monoisotopic (exact) mass is 427 g/mol. The summed E-state index contributed by atoms with van der Waals surface area (Å²) in [4.78, 5) is 18.0. The van der Waals surface area contributed by atoms with Gasteiger partial charge in [0, 0.05) is 43.7 Å². The van der Waals surface area contributed by atoms with Crippen molar-refractivity contribution in [1.82, 2.24) is 15.2 Å². The predicted octanol–water partition coefficient (Wildman–Crippen LogP) is 4.73. The molecule has 0 radical (unpaired) electrons. The number of ether oxygens (including phenoxy) is 1. The second-order valence-corrected chi connectivity index (χ2v) is 8.10. The number of rotatable bonds is 8. The van der Waals surface area contributed by atoms with Gasteiger partial charge in [0.15, 0.2) is 0 Å². The average Bonchev–Trinajstić information content (AvgIpc) is 3.26. The van der Waals surface area contributed by atoms with Crippen LogP contribution in [0.25, 0.3) is 10.9 Å². The molecule has 2 atom stereocenters. The molecule has 0 aliphatic carbocycles. The van der Waals surface area contributed by atoms with Crippen LogP contribution in [0.5, 0.6) is 5.75 Å². The maximum Gasteiger partial charge on any atom is 0.243 e. The number of likely N-dealkylation sites (N-methyl/N-ethyl adjacent to an activating group) is 1. The van der Waals surface area contributed by atoms with Crippen molar-refractivity contribution in [3.8, 4) is 5.75 Å². The first-order valence-corrected chi connectivity index (χ1v) is 10.8. The fourth-order valence-electron chi connectivity index (χ4n) is 4.11. The minimum absolute atomic E-state index is 0.0311. The maximum atomic E-state index is 13.0. The standard InChI is InChI=1S/C27H29N3O2/c1-30(2)27(31)26(20-9-5-4-6-10-20)29-17-23(19-13-15-21(32-3)16-14-19)24-18-28-25-12-8-7-11-22(24)25/h4-16,18,23,26,28-29H,17H2,1-3H3/t23-,26-/m0/s1. The lowest BCUT2D eigenvalue weighted by atomic mass is 9.90. The number of aromatic amines is 1. The molecule has 0 bridgehead atoms. The Hall–Kier alpha value is -3.57. The number of carbonyl (C=O) groups excluding carboxylic acids is 1. The van der Waals surface area contributed by atoms with Gasteiger partial charge in [0.1, 0.15) is 11.8 Å². The van der Waals surface area contributed by atoms with Gasteiger partial charge >= 0.3 is 0 Å². The van der Waals surface area contributed by atoms with Gasteiger partial charge in [-0.05, 0) is 34.9 Å². The normalized spacial score (nSPS) is 13.0. The Morgan fingerprint density at radius 2 is 1.62 bits per heavy atom. The van der Waals surface area contributed by atoms with Gasteiger partial charge in [-0.2, -0.15) is 0 Å². The molecule has 4 aromatic rings. The number of nitrogens with one attached hydrogen (secondary N) is 2. The number of hydrogen-bond donors (Lipinski definition) is 2. The highest BCUT2D eigenvalue weighted by atomic mass is 16.5. The van der Waals surface area contributed by atoms with E-state index < -0.39 is 6.04 Å². The summed E-state index contributed by atoms with van der Waals surface area (Å²) in [5.74, 6) is 0.908. The summed E-state index contributed by atoms with van der Waals surface area (Å²) in [7, 11) is 5.26. The van der Waals surface area contributed by atoms with E-state index in [1.807, 2.05) is 48.5 Å². The highest BCUT2D eigenvalue weighted by Crippen LogP contribution is 2.32. The molecular weight excluding hydrogens is 398 g/mol. The Kier molecular flexibility index (Phi) is 6.57. The minimum atomic E-state index is -0.419. The molecule has 1 aromatic heterocycles. The lowest BCUT2D eigenvalue weighted by molar-refractivity contribution is -0.131. The number of aromatic nitrogens is 1. The number of methoxy groups -OCH3 is 1. The number of fused-ring (bicyclic) bond motifs is 1. The van der Waals surface area contributed by atoms with Crippen molar-refractivity contribution >= 4 is 16.8 Å². The molecule has 5 heteroatoms. The number of para-hydroxylation sites is 1. The molecule has 0 aliphatic heterocycles. The molecule has 1 heterocycles. The lowest BCUT2D eigenvalue weighted by Crippen LogP contribution is -2.38. The molecule has 0 aliphatic rings. The van der Waals surface area contributed by atoms with Gasteiger partial charge in [-0.25, -0.2) is 0 Å². The highest BCUT2D eigenvalue weighted by Gasteiger charge is 2.25. The van der Waals surface area contributed by atoms with E-state index in [-0.39, 0.29) is 11.8 Å². The summed E-state index contributed by atoms with van der Waals surface area (Å²) >= 11 is 0. The van der Waals surface area contributed by atoms with Crippen LogP contribution in [0.15, 0.2) is 85.1 Å². The third-order valence-corrected chi connectivity index (χ3v) is 5.86. The third-order valence-electron chi connectivity index (χ3n) is 5.86. The predicted molar refractivity (Wildman–Crippen MR) is 129 cm³/mol. The van der Waals surface area contributed by atoms with Crippen LogP contribution in [0.1, 0.15) is 28.7 Å². The van der Waals surface area contributed by atoms with Crippen LogP contribution < -0.4 is 10.1 Å². The summed E-state index contributed by atoms with van der Waals surface area (Å²) in [5, 5.41) is 4.75. The van der Waals surface area contributed by atoms with E-state index in [1.54, 1.807) is 26.1 Å².